The van der Waals surface area contributed by atoms with Gasteiger partial charge in [0.1, 0.15) is 0 Å². The molecule has 19 heteroatoms. The summed E-state index contributed by atoms with van der Waals surface area (Å²) in [5.74, 6) is 8.83. The van der Waals surface area contributed by atoms with Crippen molar-refractivity contribution < 1.29 is 40.8 Å². The van der Waals surface area contributed by atoms with Crippen LogP contribution in [0.5, 0.6) is 0 Å². The maximum absolute atomic E-state index is 8.25. The molecular weight excluding hydrogens is 1120 g/mol. The molecular formula is C64H32CuN16OTi. The van der Waals surface area contributed by atoms with E-state index in [9.17, 15) is 0 Å². The Bertz CT molecular complexity index is 3910. The maximum Gasteiger partial charge on any atom is 0.164 e. The Kier molecular flexibility index (Phi) is 11.9. The molecule has 18 rings (SSSR count). The number of nitrogens with zero attached hydrogens (tertiary/aromatic N) is 16. The summed E-state index contributed by atoms with van der Waals surface area (Å²) >= 11 is 0.750. The SMILES string of the molecule is [Cu].[O]=[Ti].c1ccc2c(c1)C1=NC2=NC2=NC(=NC3=NC(=NC4=NC(=N1)c1ccccc14)c1ccccc13)c1ccccc12.c1ccc2c(c1)C1=NC2=NC2=NC(=NC3=NC(=NC4=NC(=N1)c1ccccc14)c1ccccc13)c1ccccc12. The largest absolute Gasteiger partial charge is 0.208 e. The number of hydrogen-bond donors (Lipinski definition) is 0. The summed E-state index contributed by atoms with van der Waals surface area (Å²) in [6, 6.07) is 63.7. The number of aliphatic imine (C=N–C) groups is 16. The third kappa shape index (κ3) is 8.18. The van der Waals surface area contributed by atoms with Crippen LogP contribution in [0.3, 0.4) is 0 Å². The zero-order chi connectivity index (χ0) is 54.4. The van der Waals surface area contributed by atoms with E-state index in [1.165, 1.54) is 0 Å². The second-order valence-electron chi connectivity index (χ2n) is 19.3. The van der Waals surface area contributed by atoms with Gasteiger partial charge in [0, 0.05) is 106 Å². The molecule has 0 unspecified atom stereocenters. The van der Waals surface area contributed by atoms with Gasteiger partial charge < -0.3 is 0 Å². The monoisotopic (exact) mass is 1150 g/mol. The van der Waals surface area contributed by atoms with E-state index in [1.807, 2.05) is 194 Å². The number of benzene rings is 8. The van der Waals surface area contributed by atoms with Crippen LogP contribution in [-0.4, -0.2) is 93.4 Å². The maximum atomic E-state index is 8.25. The quantitative estimate of drug-likeness (QED) is 0.133. The predicted octanol–water partition coefficient (Wildman–Crippen LogP) is 9.53. The fourth-order valence-corrected chi connectivity index (χ4v) is 10.9. The first kappa shape index (κ1) is 49.5. The molecule has 10 aliphatic rings. The third-order valence-corrected chi connectivity index (χ3v) is 14.7. The van der Waals surface area contributed by atoms with Crippen molar-refractivity contribution in [2.75, 3.05) is 0 Å². The Labute approximate surface area is 494 Å². The molecule has 8 aromatic rings. The van der Waals surface area contributed by atoms with Gasteiger partial charge in [0.15, 0.2) is 93.4 Å². The van der Waals surface area contributed by atoms with Gasteiger partial charge in [0.2, 0.25) is 0 Å². The average molecular weight is 1150 g/mol. The van der Waals surface area contributed by atoms with Gasteiger partial charge in [-0.2, -0.15) is 0 Å². The Hall–Kier alpha value is -10.5. The molecule has 389 valence electrons. The Balaban J connectivity index is 0.000000136. The summed E-state index contributed by atoms with van der Waals surface area (Å²) in [5.41, 5.74) is 14.3. The molecule has 1 radical (unpaired) electrons. The fraction of sp³-hybridized carbons (Fsp3) is 0. The van der Waals surface area contributed by atoms with Gasteiger partial charge in [-0.1, -0.05) is 194 Å². The van der Waals surface area contributed by atoms with Gasteiger partial charge >= 0.3 is 23.7 Å². The summed E-state index contributed by atoms with van der Waals surface area (Å²) in [4.78, 5) is 78.5. The van der Waals surface area contributed by atoms with Crippen LogP contribution < -0.4 is 0 Å². The second kappa shape index (κ2) is 19.9. The minimum absolute atomic E-state index is 0. The molecule has 17 nitrogen and oxygen atoms in total. The molecule has 0 spiro atoms. The molecule has 0 aromatic heterocycles. The molecule has 83 heavy (non-hydrogen) atoms. The summed E-state index contributed by atoms with van der Waals surface area (Å²) in [7, 11) is 0. The van der Waals surface area contributed by atoms with Crippen LogP contribution in [0.15, 0.2) is 274 Å². The summed E-state index contributed by atoms with van der Waals surface area (Å²) < 4.78 is 8.25. The molecule has 0 amide bonds. The van der Waals surface area contributed by atoms with Crippen molar-refractivity contribution in [2.24, 2.45) is 79.9 Å². The molecule has 16 bridgehead atoms. The summed E-state index contributed by atoms with van der Waals surface area (Å²) in [6.45, 7) is 0. The van der Waals surface area contributed by atoms with Crippen molar-refractivity contribution in [1.82, 2.24) is 0 Å². The van der Waals surface area contributed by atoms with Gasteiger partial charge in [-0.05, 0) is 0 Å². The predicted molar refractivity (Wildman–Crippen MR) is 317 cm³/mol. The molecule has 0 N–H and O–H groups in total. The van der Waals surface area contributed by atoms with Gasteiger partial charge in [-0.25, -0.2) is 79.9 Å². The number of hydrogen-bond acceptors (Lipinski definition) is 17. The summed E-state index contributed by atoms with van der Waals surface area (Å²) in [5, 5.41) is 0. The van der Waals surface area contributed by atoms with E-state index in [-0.39, 0.29) is 17.1 Å². The van der Waals surface area contributed by atoms with Gasteiger partial charge in [0.05, 0.1) is 0 Å². The first-order valence-electron chi connectivity index (χ1n) is 26.0. The molecule has 0 saturated carbocycles. The first-order chi connectivity index (χ1) is 40.6. The van der Waals surface area contributed by atoms with Crippen LogP contribution in [-0.2, 0) is 40.8 Å². The fourth-order valence-electron chi connectivity index (χ4n) is 10.9. The van der Waals surface area contributed by atoms with Crippen molar-refractivity contribution in [3.8, 4) is 0 Å². The van der Waals surface area contributed by atoms with Gasteiger partial charge in [0.25, 0.3) is 0 Å². The molecule has 10 aliphatic heterocycles. The number of fused-ring (bicyclic) bond motifs is 32. The zero-order valence-electron chi connectivity index (χ0n) is 42.8. The van der Waals surface area contributed by atoms with E-state index in [0.29, 0.717) is 93.4 Å². The Morgan fingerprint density at radius 3 is 0.265 bits per heavy atom. The number of amidine groups is 16. The molecule has 0 atom stereocenters. The van der Waals surface area contributed by atoms with Crippen LogP contribution in [0, 0.1) is 0 Å². The Morgan fingerprint density at radius 1 is 0.145 bits per heavy atom. The second-order valence-corrected chi connectivity index (χ2v) is 19.3. The molecule has 8 aromatic carbocycles. The van der Waals surface area contributed by atoms with E-state index in [0.717, 1.165) is 109 Å². The third-order valence-electron chi connectivity index (χ3n) is 14.7. The average Bonchev–Trinajstić information content (AvgIpc) is 4.62. The van der Waals surface area contributed by atoms with Gasteiger partial charge in [-0.15, -0.1) is 0 Å². The molecule has 0 fully saturated rings. The molecule has 10 heterocycles. The van der Waals surface area contributed by atoms with E-state index in [1.54, 1.807) is 0 Å². The van der Waals surface area contributed by atoms with E-state index >= 15 is 0 Å². The molecule has 0 aliphatic carbocycles. The van der Waals surface area contributed by atoms with Crippen LogP contribution in [0.4, 0.5) is 0 Å². The number of rotatable bonds is 0. The van der Waals surface area contributed by atoms with Crippen molar-refractivity contribution in [2.45, 2.75) is 0 Å². The minimum Gasteiger partial charge on any atom is -0.208 e. The van der Waals surface area contributed by atoms with Crippen molar-refractivity contribution in [3.63, 3.8) is 0 Å². The topological polar surface area (TPSA) is 215 Å². The normalized spacial score (nSPS) is 16.6. The van der Waals surface area contributed by atoms with E-state index in [2.05, 4.69) is 0 Å². The summed E-state index contributed by atoms with van der Waals surface area (Å²) in [6.07, 6.45) is 0. The van der Waals surface area contributed by atoms with Crippen LogP contribution in [0.2, 0.25) is 0 Å². The zero-order valence-corrected chi connectivity index (χ0v) is 45.3. The van der Waals surface area contributed by atoms with Crippen LogP contribution in [0.25, 0.3) is 0 Å². The van der Waals surface area contributed by atoms with E-state index in [4.69, 9.17) is 83.2 Å². The van der Waals surface area contributed by atoms with Crippen molar-refractivity contribution in [1.29, 1.82) is 0 Å². The molecule has 0 saturated heterocycles. The van der Waals surface area contributed by atoms with Crippen LogP contribution in [0.1, 0.15) is 89.0 Å². The van der Waals surface area contributed by atoms with Gasteiger partial charge in [-0.3, -0.25) is 0 Å². The smallest absolute Gasteiger partial charge is 0.164 e. The van der Waals surface area contributed by atoms with Crippen molar-refractivity contribution >= 4 is 93.4 Å². The van der Waals surface area contributed by atoms with Crippen molar-refractivity contribution in [3.05, 3.63) is 283 Å². The minimum atomic E-state index is 0. The standard InChI is InChI=1S/2C32H16N8.Cu.O.Ti/c2*1-2-10-18-17(9-1)25-33-26(18)38-28-21-13-5-6-14-22(21)30(35-28)40-32-24-16-8-7-15-23(24)31(36-32)39-29-20-12-4-3-11-19(20)27(34-29)37-25;;;/h2*1-16H;;;. The Morgan fingerprint density at radius 2 is 0.205 bits per heavy atom. The van der Waals surface area contributed by atoms with E-state index < -0.39 is 0 Å². The first-order valence-corrected chi connectivity index (χ1v) is 26.6. The van der Waals surface area contributed by atoms with Crippen LogP contribution >= 0.6 is 0 Å².